The molecule has 0 spiro atoms. The number of rotatable bonds is 6. The largest absolute Gasteiger partial charge is 0.375 e. The van der Waals surface area contributed by atoms with Crippen LogP contribution in [0.5, 0.6) is 0 Å². The minimum Gasteiger partial charge on any atom is -0.375 e. The van der Waals surface area contributed by atoms with Crippen molar-refractivity contribution in [3.05, 3.63) is 0 Å². The van der Waals surface area contributed by atoms with Crippen LogP contribution in [0, 0.1) is 5.41 Å². The molecule has 1 fully saturated rings. The highest BCUT2D eigenvalue weighted by Gasteiger charge is 2.24. The number of hydrogen-bond donors (Lipinski definition) is 1. The number of ether oxygens (including phenoxy) is 1. The fraction of sp³-hybridized carbons (Fsp3) is 0.929. The van der Waals surface area contributed by atoms with Crippen LogP contribution >= 0.6 is 12.4 Å². The molecule has 1 aliphatic rings. The van der Waals surface area contributed by atoms with Gasteiger partial charge < -0.3 is 15.4 Å². The van der Waals surface area contributed by atoms with Crippen molar-refractivity contribution in [1.29, 1.82) is 0 Å². The third-order valence-corrected chi connectivity index (χ3v) is 3.64. The molecular weight excluding hydrogens is 264 g/mol. The maximum absolute atomic E-state index is 12.0. The Morgan fingerprint density at radius 3 is 2.53 bits per heavy atom. The number of amides is 1. The molecule has 0 aliphatic carbocycles. The summed E-state index contributed by atoms with van der Waals surface area (Å²) >= 11 is 0. The second-order valence-corrected chi connectivity index (χ2v) is 6.30. The summed E-state index contributed by atoms with van der Waals surface area (Å²) in [5.74, 6) is 0.194. The molecule has 1 aliphatic heterocycles. The van der Waals surface area contributed by atoms with E-state index >= 15 is 0 Å². The molecule has 2 atom stereocenters. The first-order valence-corrected chi connectivity index (χ1v) is 6.93. The first kappa shape index (κ1) is 18.7. The highest BCUT2D eigenvalue weighted by molar-refractivity contribution is 5.85. The second-order valence-electron chi connectivity index (χ2n) is 6.30. The number of nitrogens with zero attached hydrogens (tertiary/aromatic N) is 1. The predicted molar refractivity (Wildman–Crippen MR) is 80.5 cm³/mol. The fourth-order valence-corrected chi connectivity index (χ4v) is 2.37. The van der Waals surface area contributed by atoms with Gasteiger partial charge in [-0.15, -0.1) is 12.4 Å². The third kappa shape index (κ3) is 6.59. The number of halogens is 1. The molecule has 2 unspecified atom stereocenters. The summed E-state index contributed by atoms with van der Waals surface area (Å²) in [6, 6.07) is 0. The lowest BCUT2D eigenvalue weighted by atomic mass is 9.93. The summed E-state index contributed by atoms with van der Waals surface area (Å²) in [6.45, 7) is 7.56. The Labute approximate surface area is 123 Å². The molecule has 5 heteroatoms. The predicted octanol–water partition coefficient (Wildman–Crippen LogP) is 2.20. The van der Waals surface area contributed by atoms with Gasteiger partial charge in [-0.2, -0.15) is 0 Å². The van der Waals surface area contributed by atoms with Crippen molar-refractivity contribution in [3.8, 4) is 0 Å². The van der Waals surface area contributed by atoms with Crippen LogP contribution in [0.1, 0.15) is 46.5 Å². The van der Waals surface area contributed by atoms with Gasteiger partial charge in [0.1, 0.15) is 0 Å². The van der Waals surface area contributed by atoms with Crippen molar-refractivity contribution in [2.75, 3.05) is 20.1 Å². The lowest BCUT2D eigenvalue weighted by molar-refractivity contribution is -0.131. The normalized spacial score (nSPS) is 23.0. The van der Waals surface area contributed by atoms with E-state index in [4.69, 9.17) is 10.5 Å². The van der Waals surface area contributed by atoms with Crippen LogP contribution < -0.4 is 5.73 Å². The zero-order valence-electron chi connectivity index (χ0n) is 12.6. The SMILES string of the molecule is CC1CCC(CCC(=O)N(C)CC(C)(C)CN)O1.Cl. The van der Waals surface area contributed by atoms with Crippen molar-refractivity contribution in [2.24, 2.45) is 11.1 Å². The number of carbonyl (C=O) groups is 1. The lowest BCUT2D eigenvalue weighted by Gasteiger charge is -2.29. The van der Waals surface area contributed by atoms with Crippen molar-refractivity contribution in [2.45, 2.75) is 58.7 Å². The minimum atomic E-state index is -0.0111. The van der Waals surface area contributed by atoms with E-state index < -0.39 is 0 Å². The highest BCUT2D eigenvalue weighted by atomic mass is 35.5. The van der Waals surface area contributed by atoms with E-state index in [1.54, 1.807) is 4.90 Å². The molecule has 0 aromatic heterocycles. The van der Waals surface area contributed by atoms with E-state index in [1.165, 1.54) is 0 Å². The van der Waals surface area contributed by atoms with Crippen LogP contribution in [0.2, 0.25) is 0 Å². The molecular formula is C14H29ClN2O2. The maximum Gasteiger partial charge on any atom is 0.222 e. The number of carbonyl (C=O) groups excluding carboxylic acids is 1. The molecule has 0 bridgehead atoms. The van der Waals surface area contributed by atoms with Crippen molar-refractivity contribution >= 4 is 18.3 Å². The lowest BCUT2D eigenvalue weighted by Crippen LogP contribution is -2.39. The highest BCUT2D eigenvalue weighted by Crippen LogP contribution is 2.23. The molecule has 0 radical (unpaired) electrons. The Bertz CT molecular complexity index is 285. The van der Waals surface area contributed by atoms with Gasteiger partial charge >= 0.3 is 0 Å². The Hall–Kier alpha value is -0.320. The van der Waals surface area contributed by atoms with Crippen molar-refractivity contribution in [1.82, 2.24) is 4.90 Å². The monoisotopic (exact) mass is 292 g/mol. The molecule has 4 nitrogen and oxygen atoms in total. The molecule has 1 amide bonds. The topological polar surface area (TPSA) is 55.6 Å². The van der Waals surface area contributed by atoms with Gasteiger partial charge in [0.15, 0.2) is 0 Å². The quantitative estimate of drug-likeness (QED) is 0.816. The minimum absolute atomic E-state index is 0. The Morgan fingerprint density at radius 1 is 1.42 bits per heavy atom. The maximum atomic E-state index is 12.0. The summed E-state index contributed by atoms with van der Waals surface area (Å²) < 4.78 is 5.72. The van der Waals surface area contributed by atoms with Gasteiger partial charge in [-0.25, -0.2) is 0 Å². The van der Waals surface area contributed by atoms with Crippen LogP contribution in [0.15, 0.2) is 0 Å². The molecule has 0 aromatic carbocycles. The van der Waals surface area contributed by atoms with Crippen LogP contribution in [0.25, 0.3) is 0 Å². The molecule has 114 valence electrons. The van der Waals surface area contributed by atoms with E-state index in [0.29, 0.717) is 25.6 Å². The summed E-state index contributed by atoms with van der Waals surface area (Å²) in [5, 5.41) is 0. The van der Waals surface area contributed by atoms with Crippen LogP contribution in [-0.4, -0.2) is 43.2 Å². The van der Waals surface area contributed by atoms with Gasteiger partial charge in [0.05, 0.1) is 12.2 Å². The van der Waals surface area contributed by atoms with Gasteiger partial charge in [0, 0.05) is 20.0 Å². The van der Waals surface area contributed by atoms with Gasteiger partial charge in [-0.1, -0.05) is 13.8 Å². The van der Waals surface area contributed by atoms with Crippen LogP contribution in [0.4, 0.5) is 0 Å². The molecule has 0 saturated carbocycles. The molecule has 0 aromatic rings. The Balaban J connectivity index is 0.00000324. The van der Waals surface area contributed by atoms with E-state index in [2.05, 4.69) is 20.8 Å². The smallest absolute Gasteiger partial charge is 0.222 e. The fourth-order valence-electron chi connectivity index (χ4n) is 2.37. The first-order chi connectivity index (χ1) is 8.34. The number of nitrogens with two attached hydrogens (primary N) is 1. The summed E-state index contributed by atoms with van der Waals surface area (Å²) in [5.41, 5.74) is 5.67. The number of hydrogen-bond acceptors (Lipinski definition) is 3. The Morgan fingerprint density at radius 2 is 2.05 bits per heavy atom. The summed E-state index contributed by atoms with van der Waals surface area (Å²) in [7, 11) is 1.86. The zero-order valence-corrected chi connectivity index (χ0v) is 13.5. The second kappa shape index (κ2) is 8.08. The van der Waals surface area contributed by atoms with Gasteiger partial charge in [0.25, 0.3) is 0 Å². The van der Waals surface area contributed by atoms with Crippen molar-refractivity contribution in [3.63, 3.8) is 0 Å². The summed E-state index contributed by atoms with van der Waals surface area (Å²) in [6.07, 6.45) is 4.27. The van der Waals surface area contributed by atoms with E-state index in [0.717, 1.165) is 19.3 Å². The van der Waals surface area contributed by atoms with E-state index in [9.17, 15) is 4.79 Å². The van der Waals surface area contributed by atoms with Gasteiger partial charge in [0.2, 0.25) is 5.91 Å². The van der Waals surface area contributed by atoms with E-state index in [1.807, 2.05) is 7.05 Å². The average molecular weight is 293 g/mol. The van der Waals surface area contributed by atoms with Gasteiger partial charge in [-0.05, 0) is 38.1 Å². The van der Waals surface area contributed by atoms with E-state index in [-0.39, 0.29) is 29.8 Å². The molecule has 1 heterocycles. The van der Waals surface area contributed by atoms with Crippen LogP contribution in [0.3, 0.4) is 0 Å². The van der Waals surface area contributed by atoms with Crippen LogP contribution in [-0.2, 0) is 9.53 Å². The Kier molecular flexibility index (Phi) is 7.94. The van der Waals surface area contributed by atoms with Gasteiger partial charge in [-0.3, -0.25) is 4.79 Å². The molecule has 1 saturated heterocycles. The molecule has 2 N–H and O–H groups in total. The van der Waals surface area contributed by atoms with Crippen molar-refractivity contribution < 1.29 is 9.53 Å². The summed E-state index contributed by atoms with van der Waals surface area (Å²) in [4.78, 5) is 13.8. The zero-order chi connectivity index (χ0) is 13.8. The average Bonchev–Trinajstić information content (AvgIpc) is 2.71. The molecule has 1 rings (SSSR count). The molecule has 19 heavy (non-hydrogen) atoms. The first-order valence-electron chi connectivity index (χ1n) is 6.93. The standard InChI is InChI=1S/C14H28N2O2.ClH/c1-11-5-6-12(18-11)7-8-13(17)16(4)10-14(2,3)9-15;/h11-12H,5-10,15H2,1-4H3;1H. The third-order valence-electron chi connectivity index (χ3n) is 3.64.